The Kier molecular flexibility index (Phi) is 4.71. The molecule has 0 aromatic carbocycles. The highest BCUT2D eigenvalue weighted by atomic mass is 16.3. The molecule has 0 aliphatic carbocycles. The molecular formula is C14H24N4O. The predicted octanol–water partition coefficient (Wildman–Crippen LogP) is 1.15. The number of nitrogens with zero attached hydrogens (tertiary/aromatic N) is 3. The molecule has 1 aromatic rings. The molecule has 0 amide bonds. The Morgan fingerprint density at radius 1 is 1.37 bits per heavy atom. The number of aliphatic hydroxyl groups excluding tert-OH is 1. The summed E-state index contributed by atoms with van der Waals surface area (Å²) >= 11 is 0. The van der Waals surface area contributed by atoms with Gasteiger partial charge in [0.25, 0.3) is 0 Å². The number of hydrogen-bond acceptors (Lipinski definition) is 5. The van der Waals surface area contributed by atoms with Crippen LogP contribution in [0.5, 0.6) is 0 Å². The van der Waals surface area contributed by atoms with Gasteiger partial charge in [-0.3, -0.25) is 0 Å². The summed E-state index contributed by atoms with van der Waals surface area (Å²) in [4.78, 5) is 2.28. The number of aromatic nitrogens is 2. The van der Waals surface area contributed by atoms with Crippen LogP contribution in [0, 0.1) is 19.8 Å². The van der Waals surface area contributed by atoms with Gasteiger partial charge in [-0.2, -0.15) is 5.10 Å². The molecule has 1 aromatic heterocycles. The molecule has 1 saturated heterocycles. The predicted molar refractivity (Wildman–Crippen MR) is 76.0 cm³/mol. The Hall–Kier alpha value is -1.20. The van der Waals surface area contributed by atoms with Gasteiger partial charge in [-0.15, -0.1) is 5.10 Å². The molecule has 0 spiro atoms. The standard InChI is InChI=1S/C14H24N4O/c1-10-11(2)16-17-14(13(10)8-15)18-6-3-4-12(9-18)5-7-19/h12,19H,3-9,15H2,1-2H3. The van der Waals surface area contributed by atoms with Crippen molar-refractivity contribution in [3.63, 3.8) is 0 Å². The first-order valence-corrected chi connectivity index (χ1v) is 7.06. The highest BCUT2D eigenvalue weighted by molar-refractivity contribution is 5.51. The van der Waals surface area contributed by atoms with Gasteiger partial charge in [0.15, 0.2) is 5.82 Å². The van der Waals surface area contributed by atoms with Gasteiger partial charge in [-0.1, -0.05) is 0 Å². The summed E-state index contributed by atoms with van der Waals surface area (Å²) in [6.07, 6.45) is 3.20. The first kappa shape index (κ1) is 14.2. The SMILES string of the molecule is Cc1nnc(N2CCCC(CCO)C2)c(CN)c1C. The molecule has 1 unspecified atom stereocenters. The molecule has 0 bridgehead atoms. The third-order valence-corrected chi connectivity index (χ3v) is 4.12. The Morgan fingerprint density at radius 2 is 2.16 bits per heavy atom. The Morgan fingerprint density at radius 3 is 2.84 bits per heavy atom. The van der Waals surface area contributed by atoms with Gasteiger partial charge in [-0.25, -0.2) is 0 Å². The maximum absolute atomic E-state index is 9.09. The topological polar surface area (TPSA) is 75.3 Å². The van der Waals surface area contributed by atoms with Crippen LogP contribution < -0.4 is 10.6 Å². The molecule has 5 nitrogen and oxygen atoms in total. The molecule has 2 rings (SSSR count). The first-order valence-electron chi connectivity index (χ1n) is 7.06. The second kappa shape index (κ2) is 6.30. The molecular weight excluding hydrogens is 240 g/mol. The van der Waals surface area contributed by atoms with Gasteiger partial charge in [-0.05, 0) is 44.6 Å². The van der Waals surface area contributed by atoms with Crippen LogP contribution in [0.1, 0.15) is 36.1 Å². The number of anilines is 1. The fourth-order valence-corrected chi connectivity index (χ4v) is 2.82. The minimum atomic E-state index is 0.265. The van der Waals surface area contributed by atoms with Crippen LogP contribution >= 0.6 is 0 Å². The molecule has 1 atom stereocenters. The van der Waals surface area contributed by atoms with Gasteiger partial charge < -0.3 is 15.7 Å². The molecule has 3 N–H and O–H groups in total. The van der Waals surface area contributed by atoms with Crippen LogP contribution in [0.2, 0.25) is 0 Å². The average Bonchev–Trinajstić information content (AvgIpc) is 2.42. The lowest BCUT2D eigenvalue weighted by Crippen LogP contribution is -2.37. The van der Waals surface area contributed by atoms with Crippen molar-refractivity contribution < 1.29 is 5.11 Å². The lowest BCUT2D eigenvalue weighted by molar-refractivity contribution is 0.244. The zero-order valence-corrected chi connectivity index (χ0v) is 11.9. The van der Waals surface area contributed by atoms with Gasteiger partial charge in [0.1, 0.15) is 0 Å². The fourth-order valence-electron chi connectivity index (χ4n) is 2.82. The second-order valence-corrected chi connectivity index (χ2v) is 5.38. The van der Waals surface area contributed by atoms with E-state index in [9.17, 15) is 0 Å². The van der Waals surface area contributed by atoms with E-state index >= 15 is 0 Å². The van der Waals surface area contributed by atoms with Crippen molar-refractivity contribution in [3.8, 4) is 0 Å². The fraction of sp³-hybridized carbons (Fsp3) is 0.714. The van der Waals surface area contributed by atoms with Crippen LogP contribution in [0.4, 0.5) is 5.82 Å². The van der Waals surface area contributed by atoms with E-state index in [4.69, 9.17) is 10.8 Å². The van der Waals surface area contributed by atoms with Crippen molar-refractivity contribution in [2.24, 2.45) is 11.7 Å². The van der Waals surface area contributed by atoms with E-state index in [1.165, 1.54) is 6.42 Å². The second-order valence-electron chi connectivity index (χ2n) is 5.38. The molecule has 106 valence electrons. The number of aliphatic hydroxyl groups is 1. The Labute approximate surface area is 114 Å². The van der Waals surface area contributed by atoms with Crippen LogP contribution in [-0.4, -0.2) is 35.0 Å². The summed E-state index contributed by atoms with van der Waals surface area (Å²) in [5.41, 5.74) is 9.10. The summed E-state index contributed by atoms with van der Waals surface area (Å²) in [7, 11) is 0. The van der Waals surface area contributed by atoms with E-state index in [2.05, 4.69) is 22.0 Å². The molecule has 1 aliphatic heterocycles. The van der Waals surface area contributed by atoms with Gasteiger partial charge in [0, 0.05) is 31.8 Å². The monoisotopic (exact) mass is 264 g/mol. The van der Waals surface area contributed by atoms with Gasteiger partial charge >= 0.3 is 0 Å². The Bertz CT molecular complexity index is 434. The van der Waals surface area contributed by atoms with Gasteiger partial charge in [0.05, 0.1) is 5.69 Å². The van der Waals surface area contributed by atoms with Crippen molar-refractivity contribution in [1.82, 2.24) is 10.2 Å². The van der Waals surface area contributed by atoms with E-state index in [0.717, 1.165) is 48.6 Å². The molecule has 1 fully saturated rings. The lowest BCUT2D eigenvalue weighted by atomic mass is 9.94. The smallest absolute Gasteiger partial charge is 0.156 e. The summed E-state index contributed by atoms with van der Waals surface area (Å²) in [5.74, 6) is 1.49. The largest absolute Gasteiger partial charge is 0.396 e. The maximum atomic E-state index is 9.09. The van der Waals surface area contributed by atoms with Crippen molar-refractivity contribution in [1.29, 1.82) is 0 Å². The quantitative estimate of drug-likeness (QED) is 0.853. The average molecular weight is 264 g/mol. The molecule has 2 heterocycles. The molecule has 5 heteroatoms. The van der Waals surface area contributed by atoms with E-state index in [1.54, 1.807) is 0 Å². The number of hydrogen-bond donors (Lipinski definition) is 2. The zero-order chi connectivity index (χ0) is 13.8. The van der Waals surface area contributed by atoms with E-state index in [-0.39, 0.29) is 6.61 Å². The highest BCUT2D eigenvalue weighted by Gasteiger charge is 2.23. The summed E-state index contributed by atoms with van der Waals surface area (Å²) in [5, 5.41) is 17.7. The first-order chi connectivity index (χ1) is 9.17. The van der Waals surface area contributed by atoms with Crippen LogP contribution in [0.15, 0.2) is 0 Å². The third kappa shape index (κ3) is 3.04. The summed E-state index contributed by atoms with van der Waals surface area (Å²) in [6, 6.07) is 0. The van der Waals surface area contributed by atoms with Crippen LogP contribution in [0.3, 0.4) is 0 Å². The molecule has 0 radical (unpaired) electrons. The van der Waals surface area contributed by atoms with E-state index in [1.807, 2.05) is 6.92 Å². The molecule has 0 saturated carbocycles. The lowest BCUT2D eigenvalue weighted by Gasteiger charge is -2.34. The number of rotatable bonds is 4. The normalized spacial score (nSPS) is 19.8. The van der Waals surface area contributed by atoms with E-state index < -0.39 is 0 Å². The zero-order valence-electron chi connectivity index (χ0n) is 11.9. The van der Waals surface area contributed by atoms with Crippen molar-refractivity contribution >= 4 is 5.82 Å². The molecule has 19 heavy (non-hydrogen) atoms. The number of piperidine rings is 1. The Balaban J connectivity index is 2.23. The summed E-state index contributed by atoms with van der Waals surface area (Å²) in [6.45, 7) is 6.75. The maximum Gasteiger partial charge on any atom is 0.156 e. The highest BCUT2D eigenvalue weighted by Crippen LogP contribution is 2.27. The summed E-state index contributed by atoms with van der Waals surface area (Å²) < 4.78 is 0. The van der Waals surface area contributed by atoms with Crippen molar-refractivity contribution in [2.75, 3.05) is 24.6 Å². The van der Waals surface area contributed by atoms with Crippen molar-refractivity contribution in [2.45, 2.75) is 39.7 Å². The third-order valence-electron chi connectivity index (χ3n) is 4.12. The number of nitrogens with two attached hydrogens (primary N) is 1. The molecule has 1 aliphatic rings. The minimum Gasteiger partial charge on any atom is -0.396 e. The van der Waals surface area contributed by atoms with Crippen molar-refractivity contribution in [3.05, 3.63) is 16.8 Å². The van der Waals surface area contributed by atoms with E-state index in [0.29, 0.717) is 12.5 Å². The van der Waals surface area contributed by atoms with Crippen LogP contribution in [-0.2, 0) is 6.54 Å². The minimum absolute atomic E-state index is 0.265. The van der Waals surface area contributed by atoms with Gasteiger partial charge in [0.2, 0.25) is 0 Å². The van der Waals surface area contributed by atoms with Crippen LogP contribution in [0.25, 0.3) is 0 Å². The number of aryl methyl sites for hydroxylation is 1.